The number of aryl methyl sites for hydroxylation is 1. The van der Waals surface area contributed by atoms with Crippen LogP contribution in [0.4, 0.5) is 5.95 Å². The summed E-state index contributed by atoms with van der Waals surface area (Å²) in [7, 11) is 1.81. The minimum absolute atomic E-state index is 0. The zero-order chi connectivity index (χ0) is 13.0. The van der Waals surface area contributed by atoms with Gasteiger partial charge >= 0.3 is 0 Å². The summed E-state index contributed by atoms with van der Waals surface area (Å²) in [5, 5.41) is 2.70. The van der Waals surface area contributed by atoms with Gasteiger partial charge in [-0.25, -0.2) is 4.98 Å². The number of benzene rings is 1. The monoisotopic (exact) mass is 316 g/mol. The lowest BCUT2D eigenvalue weighted by molar-refractivity contribution is -0.117. The number of imidazole rings is 1. The Kier molecular flexibility index (Phi) is 7.91. The standard InChI is InChI=1S/C13H16N4O.2ClH/c1-17-8-7-15-13(17)16-12(18)11(14)9-10-5-3-2-4-6-10;;/h2-8,11H,9,14H2,1H3,(H,15,16,18);2*1H/t11-;;/m0../s1. The second-order valence-electron chi connectivity index (χ2n) is 4.15. The van der Waals surface area contributed by atoms with Gasteiger partial charge in [0, 0.05) is 19.4 Å². The molecule has 1 amide bonds. The molecule has 2 aromatic rings. The number of nitrogens with two attached hydrogens (primary N) is 1. The van der Waals surface area contributed by atoms with Crippen LogP contribution in [0, 0.1) is 0 Å². The zero-order valence-electron chi connectivity index (χ0n) is 11.0. The van der Waals surface area contributed by atoms with Crippen molar-refractivity contribution in [3.8, 4) is 0 Å². The zero-order valence-corrected chi connectivity index (χ0v) is 12.7. The first-order chi connectivity index (χ1) is 8.66. The largest absolute Gasteiger partial charge is 0.320 e. The van der Waals surface area contributed by atoms with Crippen LogP contribution in [-0.4, -0.2) is 21.5 Å². The summed E-state index contributed by atoms with van der Waals surface area (Å²) in [6.07, 6.45) is 3.90. The summed E-state index contributed by atoms with van der Waals surface area (Å²) in [6, 6.07) is 9.12. The molecule has 2 rings (SSSR count). The number of hydrogen-bond acceptors (Lipinski definition) is 3. The Morgan fingerprint density at radius 2 is 2.00 bits per heavy atom. The normalized spacial score (nSPS) is 10.9. The average Bonchev–Trinajstić information content (AvgIpc) is 2.76. The minimum Gasteiger partial charge on any atom is -0.320 e. The molecule has 0 saturated heterocycles. The Balaban J connectivity index is 0.00000180. The van der Waals surface area contributed by atoms with E-state index in [1.165, 1.54) is 0 Å². The summed E-state index contributed by atoms with van der Waals surface area (Å²) in [5.74, 6) is 0.275. The third kappa shape index (κ3) is 4.85. The lowest BCUT2D eigenvalue weighted by atomic mass is 10.1. The van der Waals surface area contributed by atoms with Crippen LogP contribution in [0.5, 0.6) is 0 Å². The van der Waals surface area contributed by atoms with Gasteiger partial charge in [-0.15, -0.1) is 24.8 Å². The Morgan fingerprint density at radius 3 is 2.55 bits per heavy atom. The molecule has 1 heterocycles. The second-order valence-corrected chi connectivity index (χ2v) is 4.15. The molecule has 0 spiro atoms. The fraction of sp³-hybridized carbons (Fsp3) is 0.231. The van der Waals surface area contributed by atoms with Crippen molar-refractivity contribution in [2.24, 2.45) is 12.8 Å². The highest BCUT2D eigenvalue weighted by atomic mass is 35.5. The fourth-order valence-electron chi connectivity index (χ4n) is 1.65. The van der Waals surface area contributed by atoms with Crippen LogP contribution in [-0.2, 0) is 18.3 Å². The van der Waals surface area contributed by atoms with Gasteiger partial charge in [-0.1, -0.05) is 30.3 Å². The van der Waals surface area contributed by atoms with Crippen molar-refractivity contribution in [1.29, 1.82) is 0 Å². The molecule has 0 unspecified atom stereocenters. The number of halogens is 2. The van der Waals surface area contributed by atoms with Gasteiger partial charge in [0.05, 0.1) is 6.04 Å². The van der Waals surface area contributed by atoms with E-state index >= 15 is 0 Å². The van der Waals surface area contributed by atoms with Gasteiger partial charge in [-0.05, 0) is 12.0 Å². The lowest BCUT2D eigenvalue weighted by Crippen LogP contribution is -2.38. The molecule has 0 radical (unpaired) electrons. The molecule has 110 valence electrons. The van der Waals surface area contributed by atoms with Gasteiger partial charge in [0.2, 0.25) is 11.9 Å². The van der Waals surface area contributed by atoms with Crippen molar-refractivity contribution >= 4 is 36.7 Å². The number of amides is 1. The van der Waals surface area contributed by atoms with E-state index in [1.807, 2.05) is 37.4 Å². The van der Waals surface area contributed by atoms with Gasteiger partial charge in [-0.2, -0.15) is 0 Å². The van der Waals surface area contributed by atoms with Crippen LogP contribution in [0.3, 0.4) is 0 Å². The van der Waals surface area contributed by atoms with E-state index in [4.69, 9.17) is 5.73 Å². The molecule has 5 nitrogen and oxygen atoms in total. The van der Waals surface area contributed by atoms with E-state index in [1.54, 1.807) is 17.0 Å². The van der Waals surface area contributed by atoms with Crippen LogP contribution in [0.25, 0.3) is 0 Å². The number of hydrogen-bond donors (Lipinski definition) is 2. The number of aromatic nitrogens is 2. The van der Waals surface area contributed by atoms with Crippen molar-refractivity contribution in [3.63, 3.8) is 0 Å². The number of nitrogens with zero attached hydrogens (tertiary/aromatic N) is 2. The molecule has 0 bridgehead atoms. The smallest absolute Gasteiger partial charge is 0.243 e. The van der Waals surface area contributed by atoms with Gasteiger partial charge in [0.1, 0.15) is 0 Å². The highest BCUT2D eigenvalue weighted by molar-refractivity contribution is 5.93. The summed E-state index contributed by atoms with van der Waals surface area (Å²) in [5.41, 5.74) is 6.91. The maximum Gasteiger partial charge on any atom is 0.243 e. The molecule has 0 aliphatic carbocycles. The van der Waals surface area contributed by atoms with Crippen molar-refractivity contribution in [1.82, 2.24) is 9.55 Å². The first-order valence-corrected chi connectivity index (χ1v) is 5.74. The predicted octanol–water partition coefficient (Wildman–Crippen LogP) is 1.77. The van der Waals surface area contributed by atoms with Crippen LogP contribution in [0.2, 0.25) is 0 Å². The molecule has 0 saturated carbocycles. The first kappa shape index (κ1) is 18.4. The molecule has 0 aliphatic rings. The number of carbonyl (C=O) groups is 1. The maximum absolute atomic E-state index is 11.9. The van der Waals surface area contributed by atoms with E-state index in [0.29, 0.717) is 12.4 Å². The van der Waals surface area contributed by atoms with Crippen molar-refractivity contribution in [3.05, 3.63) is 48.3 Å². The average molecular weight is 317 g/mol. The Morgan fingerprint density at radius 1 is 1.35 bits per heavy atom. The molecule has 20 heavy (non-hydrogen) atoms. The van der Waals surface area contributed by atoms with Crippen molar-refractivity contribution < 1.29 is 4.79 Å². The molecule has 1 atom stereocenters. The quantitative estimate of drug-likeness (QED) is 0.903. The highest BCUT2D eigenvalue weighted by Gasteiger charge is 2.15. The number of carbonyl (C=O) groups excluding carboxylic acids is 1. The van der Waals surface area contributed by atoms with E-state index in [9.17, 15) is 4.79 Å². The van der Waals surface area contributed by atoms with E-state index < -0.39 is 6.04 Å². The first-order valence-electron chi connectivity index (χ1n) is 5.74. The van der Waals surface area contributed by atoms with Crippen molar-refractivity contribution in [2.45, 2.75) is 12.5 Å². The number of anilines is 1. The van der Waals surface area contributed by atoms with Crippen LogP contribution in [0.15, 0.2) is 42.7 Å². The fourth-order valence-corrected chi connectivity index (χ4v) is 1.65. The Bertz CT molecular complexity index is 530. The van der Waals surface area contributed by atoms with Gasteiger partial charge in [0.25, 0.3) is 0 Å². The van der Waals surface area contributed by atoms with Gasteiger partial charge < -0.3 is 10.3 Å². The summed E-state index contributed by atoms with van der Waals surface area (Å²) < 4.78 is 1.73. The Hall–Kier alpha value is -1.56. The van der Waals surface area contributed by atoms with Gasteiger partial charge in [-0.3, -0.25) is 10.1 Å². The SMILES string of the molecule is Cl.Cl.Cn1ccnc1NC(=O)[C@@H](N)Cc1ccccc1. The Labute approximate surface area is 130 Å². The lowest BCUT2D eigenvalue weighted by Gasteiger charge is -2.11. The van der Waals surface area contributed by atoms with Crippen LogP contribution < -0.4 is 11.1 Å². The molecular weight excluding hydrogens is 299 g/mol. The number of rotatable bonds is 4. The predicted molar refractivity (Wildman–Crippen MR) is 84.5 cm³/mol. The second kappa shape index (κ2) is 8.58. The molecule has 1 aromatic heterocycles. The maximum atomic E-state index is 11.9. The van der Waals surface area contributed by atoms with Crippen LogP contribution in [0.1, 0.15) is 5.56 Å². The molecule has 7 heteroatoms. The van der Waals surface area contributed by atoms with E-state index in [-0.39, 0.29) is 30.7 Å². The summed E-state index contributed by atoms with van der Waals surface area (Å²) in [4.78, 5) is 15.9. The van der Waals surface area contributed by atoms with E-state index in [2.05, 4.69) is 10.3 Å². The summed E-state index contributed by atoms with van der Waals surface area (Å²) in [6.45, 7) is 0. The highest BCUT2D eigenvalue weighted by Crippen LogP contribution is 2.05. The minimum atomic E-state index is -0.580. The molecule has 3 N–H and O–H groups in total. The molecular formula is C13H18Cl2N4O. The van der Waals surface area contributed by atoms with Crippen molar-refractivity contribution in [2.75, 3.05) is 5.32 Å². The van der Waals surface area contributed by atoms with Crippen LogP contribution >= 0.6 is 24.8 Å². The number of nitrogens with one attached hydrogen (secondary N) is 1. The summed E-state index contributed by atoms with van der Waals surface area (Å²) >= 11 is 0. The van der Waals surface area contributed by atoms with Gasteiger partial charge in [0.15, 0.2) is 0 Å². The topological polar surface area (TPSA) is 72.9 Å². The third-order valence-corrected chi connectivity index (χ3v) is 2.69. The molecule has 0 aliphatic heterocycles. The third-order valence-electron chi connectivity index (χ3n) is 2.69. The van der Waals surface area contributed by atoms with E-state index in [0.717, 1.165) is 5.56 Å². The molecule has 0 fully saturated rings. The molecule has 1 aromatic carbocycles.